The van der Waals surface area contributed by atoms with Crippen molar-refractivity contribution in [1.29, 1.82) is 0 Å². The summed E-state index contributed by atoms with van der Waals surface area (Å²) in [5.74, 6) is -1.32. The van der Waals surface area contributed by atoms with Crippen LogP contribution in [-0.2, 0) is 0 Å². The molecule has 96 valence electrons. The Kier molecular flexibility index (Phi) is 3.33. The number of aliphatic hydroxyl groups excluding tert-OH is 1. The number of allylic oxidation sites excluding steroid dienone is 5. The minimum absolute atomic E-state index is 0.0724. The normalized spacial score (nSPS) is 20.4. The summed E-state index contributed by atoms with van der Waals surface area (Å²) in [6.07, 6.45) is 3.98. The highest BCUT2D eigenvalue weighted by molar-refractivity contribution is 6.18. The van der Waals surface area contributed by atoms with Crippen LogP contribution in [0.2, 0.25) is 0 Å². The molecule has 0 unspecified atom stereocenters. The Hall–Kier alpha value is -2.62. The van der Waals surface area contributed by atoms with Crippen molar-refractivity contribution in [2.75, 3.05) is 0 Å². The Morgan fingerprint density at radius 3 is 2.63 bits per heavy atom. The number of hydrogen-bond acceptors (Lipinski definition) is 4. The van der Waals surface area contributed by atoms with Crippen LogP contribution in [0, 0.1) is 0 Å². The van der Waals surface area contributed by atoms with E-state index in [-0.39, 0.29) is 34.6 Å². The molecule has 1 aromatic carbocycles. The molecule has 0 spiro atoms. The lowest BCUT2D eigenvalue weighted by Crippen LogP contribution is -2.11. The monoisotopic (exact) mass is 256 g/mol. The van der Waals surface area contributed by atoms with Gasteiger partial charge >= 0.3 is 0 Å². The van der Waals surface area contributed by atoms with E-state index < -0.39 is 11.6 Å². The summed E-state index contributed by atoms with van der Waals surface area (Å²) < 4.78 is 0. The fraction of sp³-hybridized carbons (Fsp3) is 0.0667. The third-order valence-corrected chi connectivity index (χ3v) is 2.79. The van der Waals surface area contributed by atoms with Crippen molar-refractivity contribution >= 4 is 11.6 Å². The first-order valence-electron chi connectivity index (χ1n) is 5.65. The van der Waals surface area contributed by atoms with Gasteiger partial charge in [-0.25, -0.2) is 0 Å². The van der Waals surface area contributed by atoms with Gasteiger partial charge in [-0.15, -0.1) is 0 Å². The molecule has 2 rings (SSSR count). The Morgan fingerprint density at radius 2 is 1.89 bits per heavy atom. The Bertz CT molecular complexity index is 636. The van der Waals surface area contributed by atoms with Crippen LogP contribution in [0.25, 0.3) is 0 Å². The predicted octanol–water partition coefficient (Wildman–Crippen LogP) is 2.72. The molecule has 4 nitrogen and oxygen atoms in total. The molecule has 0 radical (unpaired) electrons. The number of hydrogen-bond donors (Lipinski definition) is 2. The fourth-order valence-corrected chi connectivity index (χ4v) is 1.84. The van der Waals surface area contributed by atoms with Gasteiger partial charge in [0.05, 0.1) is 17.7 Å². The number of Topliss-reactive ketones (excluding diaryl/α,β-unsaturated/α-hetero) is 2. The lowest BCUT2D eigenvalue weighted by molar-refractivity contribution is 0.0963. The van der Waals surface area contributed by atoms with Crippen molar-refractivity contribution in [3.8, 4) is 5.75 Å². The van der Waals surface area contributed by atoms with Crippen LogP contribution in [0.15, 0.2) is 54.3 Å². The van der Waals surface area contributed by atoms with Crippen LogP contribution in [-0.4, -0.2) is 21.8 Å². The van der Waals surface area contributed by atoms with Crippen LogP contribution < -0.4 is 0 Å². The number of carbonyl (C=O) groups is 2. The number of benzene rings is 1. The molecule has 1 aliphatic rings. The van der Waals surface area contributed by atoms with Crippen LogP contribution in [0.1, 0.15) is 27.1 Å². The Morgan fingerprint density at radius 1 is 1.16 bits per heavy atom. The molecular weight excluding hydrogens is 244 g/mol. The Labute approximate surface area is 110 Å². The maximum atomic E-state index is 12.2. The van der Waals surface area contributed by atoms with Crippen molar-refractivity contribution in [2.45, 2.75) is 6.42 Å². The van der Waals surface area contributed by atoms with E-state index in [4.69, 9.17) is 0 Å². The molecule has 1 aliphatic carbocycles. The van der Waals surface area contributed by atoms with Gasteiger partial charge in [-0.2, -0.15) is 0 Å². The predicted molar refractivity (Wildman–Crippen MR) is 70.4 cm³/mol. The first-order chi connectivity index (χ1) is 9.00. The molecule has 0 heterocycles. The maximum absolute atomic E-state index is 12.2. The quantitative estimate of drug-likeness (QED) is 0.700. The van der Waals surface area contributed by atoms with Crippen LogP contribution in [0.3, 0.4) is 0 Å². The highest BCUT2D eigenvalue weighted by Gasteiger charge is 2.22. The number of aliphatic hydroxyl groups is 1. The summed E-state index contributed by atoms with van der Waals surface area (Å²) in [6, 6.07) is 4.26. The van der Waals surface area contributed by atoms with Gasteiger partial charge < -0.3 is 10.2 Å². The minimum Gasteiger partial charge on any atom is -0.512 e. The largest absolute Gasteiger partial charge is 0.512 e. The average molecular weight is 256 g/mol. The highest BCUT2D eigenvalue weighted by Crippen LogP contribution is 2.26. The number of aromatic hydroxyl groups is 1. The number of carbonyl (C=O) groups excluding carboxylic acids is 2. The molecule has 0 bridgehead atoms. The minimum atomic E-state index is -0.507. The molecule has 1 aromatic rings. The van der Waals surface area contributed by atoms with Gasteiger partial charge in [-0.3, -0.25) is 9.59 Å². The van der Waals surface area contributed by atoms with Gasteiger partial charge in [0.15, 0.2) is 11.6 Å². The first-order valence-corrected chi connectivity index (χ1v) is 5.65. The second-order valence-electron chi connectivity index (χ2n) is 4.17. The van der Waals surface area contributed by atoms with Gasteiger partial charge in [0.25, 0.3) is 0 Å². The van der Waals surface area contributed by atoms with E-state index >= 15 is 0 Å². The van der Waals surface area contributed by atoms with E-state index in [1.54, 1.807) is 0 Å². The number of fused-ring (bicyclic) bond motifs is 1. The van der Waals surface area contributed by atoms with Crippen molar-refractivity contribution in [3.63, 3.8) is 0 Å². The lowest BCUT2D eigenvalue weighted by atomic mass is 9.93. The van der Waals surface area contributed by atoms with E-state index in [2.05, 4.69) is 6.58 Å². The van der Waals surface area contributed by atoms with Crippen molar-refractivity contribution in [2.24, 2.45) is 0 Å². The summed E-state index contributed by atoms with van der Waals surface area (Å²) in [4.78, 5) is 24.2. The summed E-state index contributed by atoms with van der Waals surface area (Å²) in [5.41, 5.74) is 0.139. The van der Waals surface area contributed by atoms with Gasteiger partial charge in [0.1, 0.15) is 5.75 Å². The first kappa shape index (κ1) is 12.8. The molecule has 0 aromatic heterocycles. The number of ketones is 2. The van der Waals surface area contributed by atoms with E-state index in [9.17, 15) is 19.8 Å². The number of phenolic OH excluding ortho intramolecular Hbond substituents is 1. The van der Waals surface area contributed by atoms with E-state index in [0.717, 1.165) is 0 Å². The van der Waals surface area contributed by atoms with Gasteiger partial charge in [-0.1, -0.05) is 30.9 Å². The maximum Gasteiger partial charge on any atom is 0.196 e. The molecule has 4 heteroatoms. The summed E-state index contributed by atoms with van der Waals surface area (Å²) >= 11 is 0. The van der Waals surface area contributed by atoms with Crippen LogP contribution in [0.4, 0.5) is 0 Å². The summed E-state index contributed by atoms with van der Waals surface area (Å²) in [5, 5.41) is 19.4. The van der Waals surface area contributed by atoms with Crippen molar-refractivity contribution in [3.05, 3.63) is 65.5 Å². The van der Waals surface area contributed by atoms with Crippen LogP contribution in [0.5, 0.6) is 5.75 Å². The third-order valence-electron chi connectivity index (χ3n) is 2.79. The van der Waals surface area contributed by atoms with E-state index in [1.807, 2.05) is 0 Å². The van der Waals surface area contributed by atoms with Crippen molar-refractivity contribution < 1.29 is 19.8 Å². The number of phenols is 1. The van der Waals surface area contributed by atoms with E-state index in [0.29, 0.717) is 0 Å². The zero-order chi connectivity index (χ0) is 14.0. The fourth-order valence-electron chi connectivity index (χ4n) is 1.84. The zero-order valence-electron chi connectivity index (χ0n) is 10.1. The SMILES string of the molecule is C=C1/C=C\C=C(\O)CC(=O)c2cccc(O)c2C1=O. The lowest BCUT2D eigenvalue weighted by Gasteiger charge is -2.11. The topological polar surface area (TPSA) is 74.6 Å². The molecule has 0 amide bonds. The second-order valence-corrected chi connectivity index (χ2v) is 4.17. The molecule has 0 saturated heterocycles. The zero-order valence-corrected chi connectivity index (χ0v) is 10.1. The standard InChI is InChI=1S/C15H12O4/c1-9-4-2-5-10(16)8-13(18)11-6-3-7-12(17)14(11)15(9)19/h2-7,16-17H,1,8H2/b4-2-,10-5+. The average Bonchev–Trinajstić information content (AvgIpc) is 2.36. The third kappa shape index (κ3) is 2.47. The molecule has 0 atom stereocenters. The molecule has 2 N–H and O–H groups in total. The number of rotatable bonds is 0. The van der Waals surface area contributed by atoms with Crippen molar-refractivity contribution in [1.82, 2.24) is 0 Å². The molecule has 0 fully saturated rings. The molecule has 19 heavy (non-hydrogen) atoms. The summed E-state index contributed by atoms with van der Waals surface area (Å²) in [6.45, 7) is 3.59. The smallest absolute Gasteiger partial charge is 0.196 e. The second kappa shape index (κ2) is 4.94. The van der Waals surface area contributed by atoms with E-state index in [1.165, 1.54) is 36.4 Å². The van der Waals surface area contributed by atoms with Gasteiger partial charge in [0.2, 0.25) is 0 Å². The summed E-state index contributed by atoms with van der Waals surface area (Å²) in [7, 11) is 0. The molecular formula is C15H12O4. The van der Waals surface area contributed by atoms with Gasteiger partial charge in [-0.05, 0) is 12.1 Å². The Balaban J connectivity index is 2.67. The molecule has 0 saturated carbocycles. The van der Waals surface area contributed by atoms with Crippen LogP contribution >= 0.6 is 0 Å². The molecule has 0 aliphatic heterocycles. The highest BCUT2D eigenvalue weighted by atomic mass is 16.3. The van der Waals surface area contributed by atoms with Gasteiger partial charge in [0, 0.05) is 11.1 Å².